The van der Waals surface area contributed by atoms with E-state index in [0.717, 1.165) is 35.4 Å². The van der Waals surface area contributed by atoms with E-state index in [2.05, 4.69) is 37.5 Å². The first-order chi connectivity index (χ1) is 13.6. The Morgan fingerprint density at radius 3 is 2.25 bits per heavy atom. The highest BCUT2D eigenvalue weighted by atomic mass is 16.3. The first kappa shape index (κ1) is 20.6. The fraction of sp³-hybridized carbons (Fsp3) is 0.480. The Bertz CT molecular complexity index is 882. The van der Waals surface area contributed by atoms with Crippen LogP contribution in [0.5, 0.6) is 0 Å². The lowest BCUT2D eigenvalue weighted by molar-refractivity contribution is 0.204. The van der Waals surface area contributed by atoms with Crippen molar-refractivity contribution in [1.82, 2.24) is 9.55 Å². The number of fused-ring (bicyclic) bond motifs is 1. The number of aryl methyl sites for hydroxylation is 3. The number of hydrogen-bond donors (Lipinski definition) is 1. The number of aliphatic hydroxyl groups excluding tert-OH is 1. The second kappa shape index (κ2) is 9.88. The quantitative estimate of drug-likeness (QED) is 0.410. The molecule has 1 N–H and O–H groups in total. The van der Waals surface area contributed by atoms with Crippen LogP contribution in [-0.4, -0.2) is 14.7 Å². The van der Waals surface area contributed by atoms with Crippen LogP contribution in [0.3, 0.4) is 0 Å². The summed E-state index contributed by atoms with van der Waals surface area (Å²) < 4.78 is 2.24. The molecular weight excluding hydrogens is 344 g/mol. The van der Waals surface area contributed by atoms with Crippen molar-refractivity contribution in [3.05, 3.63) is 65.0 Å². The van der Waals surface area contributed by atoms with Crippen molar-refractivity contribution in [3.8, 4) is 0 Å². The molecule has 1 unspecified atom stereocenters. The van der Waals surface area contributed by atoms with E-state index in [0.29, 0.717) is 0 Å². The highest BCUT2D eigenvalue weighted by Gasteiger charge is 2.20. The van der Waals surface area contributed by atoms with E-state index in [1.165, 1.54) is 49.7 Å². The molecule has 1 heterocycles. The van der Waals surface area contributed by atoms with Gasteiger partial charge >= 0.3 is 0 Å². The molecule has 28 heavy (non-hydrogen) atoms. The molecule has 0 aliphatic rings. The van der Waals surface area contributed by atoms with E-state index in [4.69, 9.17) is 4.98 Å². The topological polar surface area (TPSA) is 38.0 Å². The van der Waals surface area contributed by atoms with Gasteiger partial charge in [0.25, 0.3) is 0 Å². The number of aromatic nitrogens is 2. The van der Waals surface area contributed by atoms with Gasteiger partial charge in [0.2, 0.25) is 0 Å². The molecule has 3 rings (SSSR count). The molecule has 150 valence electrons. The molecule has 1 aromatic heterocycles. The normalized spacial score (nSPS) is 12.6. The van der Waals surface area contributed by atoms with Crippen molar-refractivity contribution >= 4 is 11.0 Å². The van der Waals surface area contributed by atoms with Crippen molar-refractivity contribution in [3.63, 3.8) is 0 Å². The number of rotatable bonds is 10. The van der Waals surface area contributed by atoms with Crippen LogP contribution in [0.4, 0.5) is 0 Å². The van der Waals surface area contributed by atoms with Gasteiger partial charge < -0.3 is 9.67 Å². The smallest absolute Gasteiger partial charge is 0.143 e. The van der Waals surface area contributed by atoms with E-state index in [-0.39, 0.29) is 0 Å². The lowest BCUT2D eigenvalue weighted by Gasteiger charge is -2.15. The molecule has 3 nitrogen and oxygen atoms in total. The van der Waals surface area contributed by atoms with Gasteiger partial charge in [-0.15, -0.1) is 0 Å². The molecule has 0 radical (unpaired) electrons. The Hall–Kier alpha value is -2.13. The molecule has 0 amide bonds. The average Bonchev–Trinajstić information content (AvgIpc) is 3.05. The minimum absolute atomic E-state index is 0.696. The van der Waals surface area contributed by atoms with Crippen molar-refractivity contribution in [2.24, 2.45) is 0 Å². The van der Waals surface area contributed by atoms with Gasteiger partial charge in [-0.25, -0.2) is 4.98 Å². The predicted octanol–water partition coefficient (Wildman–Crippen LogP) is 6.49. The minimum atomic E-state index is -0.696. The Morgan fingerprint density at radius 1 is 0.893 bits per heavy atom. The van der Waals surface area contributed by atoms with E-state index >= 15 is 0 Å². The van der Waals surface area contributed by atoms with Gasteiger partial charge in [0.1, 0.15) is 11.9 Å². The lowest BCUT2D eigenvalue weighted by Crippen LogP contribution is -2.10. The summed E-state index contributed by atoms with van der Waals surface area (Å²) in [5.41, 5.74) is 5.53. The summed E-state index contributed by atoms with van der Waals surface area (Å²) in [6.07, 6.45) is 8.27. The van der Waals surface area contributed by atoms with Gasteiger partial charge in [0.15, 0.2) is 0 Å². The second-order valence-electron chi connectivity index (χ2n) is 7.98. The zero-order valence-electron chi connectivity index (χ0n) is 17.6. The summed E-state index contributed by atoms with van der Waals surface area (Å²) >= 11 is 0. The Morgan fingerprint density at radius 2 is 1.54 bits per heavy atom. The molecule has 3 heteroatoms. The highest BCUT2D eigenvalue weighted by molar-refractivity contribution is 5.78. The van der Waals surface area contributed by atoms with Gasteiger partial charge in [0.05, 0.1) is 11.0 Å². The number of hydrogen-bond acceptors (Lipinski definition) is 2. The van der Waals surface area contributed by atoms with Crippen molar-refractivity contribution in [2.75, 3.05) is 0 Å². The number of benzene rings is 2. The molecule has 0 spiro atoms. The molecule has 0 aliphatic carbocycles. The van der Waals surface area contributed by atoms with Crippen LogP contribution in [0.25, 0.3) is 11.0 Å². The van der Waals surface area contributed by atoms with Crippen LogP contribution >= 0.6 is 0 Å². The molecule has 0 saturated carbocycles. The molecular formula is C25H34N2O. The van der Waals surface area contributed by atoms with E-state index in [9.17, 15) is 5.11 Å². The fourth-order valence-corrected chi connectivity index (χ4v) is 3.85. The summed E-state index contributed by atoms with van der Waals surface area (Å²) in [4.78, 5) is 4.84. The van der Waals surface area contributed by atoms with E-state index in [1.54, 1.807) is 0 Å². The summed E-state index contributed by atoms with van der Waals surface area (Å²) in [6, 6.07) is 14.2. The number of unbranched alkanes of at least 4 members (excludes halogenated alkanes) is 6. The Kier molecular flexibility index (Phi) is 7.27. The van der Waals surface area contributed by atoms with Crippen LogP contribution in [0, 0.1) is 13.8 Å². The van der Waals surface area contributed by atoms with Gasteiger partial charge in [-0.1, -0.05) is 75.8 Å². The Balaban J connectivity index is 1.82. The summed E-state index contributed by atoms with van der Waals surface area (Å²) in [5, 5.41) is 11.0. The SMILES string of the molecule is CCCCCCCCCn1c(C(O)c2ccccc2)nc2cc(C)c(C)cc21. The maximum Gasteiger partial charge on any atom is 0.143 e. The van der Waals surface area contributed by atoms with Gasteiger partial charge in [-0.3, -0.25) is 0 Å². The predicted molar refractivity (Wildman–Crippen MR) is 118 cm³/mol. The molecule has 0 aliphatic heterocycles. The monoisotopic (exact) mass is 378 g/mol. The second-order valence-corrected chi connectivity index (χ2v) is 7.98. The Labute approximate surface area is 169 Å². The molecule has 0 bridgehead atoms. The third kappa shape index (κ3) is 4.82. The van der Waals surface area contributed by atoms with Crippen LogP contribution in [-0.2, 0) is 6.54 Å². The first-order valence-corrected chi connectivity index (χ1v) is 10.8. The number of aliphatic hydroxyl groups is 1. The highest BCUT2D eigenvalue weighted by Crippen LogP contribution is 2.28. The minimum Gasteiger partial charge on any atom is -0.380 e. The van der Waals surface area contributed by atoms with Crippen LogP contribution < -0.4 is 0 Å². The van der Waals surface area contributed by atoms with Crippen molar-refractivity contribution in [1.29, 1.82) is 0 Å². The fourth-order valence-electron chi connectivity index (χ4n) is 3.85. The maximum absolute atomic E-state index is 11.0. The molecule has 1 atom stereocenters. The average molecular weight is 379 g/mol. The van der Waals surface area contributed by atoms with Crippen LogP contribution in [0.2, 0.25) is 0 Å². The summed E-state index contributed by atoms with van der Waals surface area (Å²) in [7, 11) is 0. The summed E-state index contributed by atoms with van der Waals surface area (Å²) in [5.74, 6) is 0.761. The molecule has 0 fully saturated rings. The summed E-state index contributed by atoms with van der Waals surface area (Å²) in [6.45, 7) is 7.43. The largest absolute Gasteiger partial charge is 0.380 e. The maximum atomic E-state index is 11.0. The number of imidazole rings is 1. The van der Waals surface area contributed by atoms with Gasteiger partial charge in [-0.2, -0.15) is 0 Å². The van der Waals surface area contributed by atoms with Crippen LogP contribution in [0.1, 0.15) is 80.5 Å². The van der Waals surface area contributed by atoms with Gasteiger partial charge in [0, 0.05) is 6.54 Å². The molecule has 3 aromatic rings. The third-order valence-electron chi connectivity index (χ3n) is 5.74. The zero-order chi connectivity index (χ0) is 19.9. The van der Waals surface area contributed by atoms with Crippen molar-refractivity contribution < 1.29 is 5.11 Å². The van der Waals surface area contributed by atoms with E-state index < -0.39 is 6.10 Å². The molecule has 0 saturated heterocycles. The van der Waals surface area contributed by atoms with E-state index in [1.807, 2.05) is 30.3 Å². The zero-order valence-corrected chi connectivity index (χ0v) is 17.6. The molecule has 2 aromatic carbocycles. The lowest BCUT2D eigenvalue weighted by atomic mass is 10.1. The van der Waals surface area contributed by atoms with Crippen molar-refractivity contribution in [2.45, 2.75) is 78.4 Å². The first-order valence-electron chi connectivity index (χ1n) is 10.8. The standard InChI is InChI=1S/C25H34N2O/c1-4-5-6-7-8-9-13-16-27-23-18-20(3)19(2)17-22(23)26-25(27)24(28)21-14-11-10-12-15-21/h10-12,14-15,17-18,24,28H,4-9,13,16H2,1-3H3. The van der Waals surface area contributed by atoms with Gasteiger partial charge in [-0.05, 0) is 49.1 Å². The number of nitrogens with zero attached hydrogens (tertiary/aromatic N) is 2. The third-order valence-corrected chi connectivity index (χ3v) is 5.74. The van der Waals surface area contributed by atoms with Crippen LogP contribution in [0.15, 0.2) is 42.5 Å².